The minimum atomic E-state index is 0.0447. The molecule has 1 aliphatic rings. The van der Waals surface area contributed by atoms with E-state index in [1.54, 1.807) is 13.2 Å². The highest BCUT2D eigenvalue weighted by molar-refractivity contribution is 6.30. The number of ether oxygens (including phenoxy) is 1. The Morgan fingerprint density at radius 3 is 2.54 bits per heavy atom. The molecule has 1 atom stereocenters. The lowest BCUT2D eigenvalue weighted by Gasteiger charge is -2.24. The molecule has 1 unspecified atom stereocenters. The van der Waals surface area contributed by atoms with Gasteiger partial charge in [-0.2, -0.15) is 0 Å². The number of amides is 1. The van der Waals surface area contributed by atoms with Crippen LogP contribution in [0.25, 0.3) is 6.08 Å². The summed E-state index contributed by atoms with van der Waals surface area (Å²) < 4.78 is 5.20. The van der Waals surface area contributed by atoms with Crippen LogP contribution in [-0.4, -0.2) is 24.5 Å². The molecule has 2 aromatic carbocycles. The Morgan fingerprint density at radius 2 is 1.88 bits per heavy atom. The van der Waals surface area contributed by atoms with Crippen LogP contribution in [0.3, 0.4) is 0 Å². The molecular weight excluding hydrogens is 322 g/mol. The van der Waals surface area contributed by atoms with Gasteiger partial charge in [0.25, 0.3) is 0 Å². The first-order valence-electron chi connectivity index (χ1n) is 8.05. The molecule has 3 nitrogen and oxygen atoms in total. The van der Waals surface area contributed by atoms with Crippen molar-refractivity contribution in [3.8, 4) is 5.75 Å². The van der Waals surface area contributed by atoms with Crippen molar-refractivity contribution in [1.29, 1.82) is 0 Å². The molecule has 124 valence electrons. The lowest BCUT2D eigenvalue weighted by atomic mass is 10.0. The monoisotopic (exact) mass is 341 g/mol. The Hall–Kier alpha value is -2.26. The minimum absolute atomic E-state index is 0.0447. The van der Waals surface area contributed by atoms with Crippen LogP contribution in [0.1, 0.15) is 30.0 Å². The van der Waals surface area contributed by atoms with Crippen molar-refractivity contribution in [3.63, 3.8) is 0 Å². The maximum Gasteiger partial charge on any atom is 0.247 e. The average Bonchev–Trinajstić information content (AvgIpc) is 3.11. The van der Waals surface area contributed by atoms with E-state index >= 15 is 0 Å². The molecular formula is C20H20ClNO2. The second kappa shape index (κ2) is 7.54. The molecule has 1 heterocycles. The van der Waals surface area contributed by atoms with Crippen LogP contribution in [0.5, 0.6) is 5.75 Å². The van der Waals surface area contributed by atoms with Crippen LogP contribution in [0.15, 0.2) is 54.6 Å². The number of likely N-dealkylation sites (tertiary alicyclic amines) is 1. The lowest BCUT2D eigenvalue weighted by molar-refractivity contribution is -0.126. The zero-order valence-electron chi connectivity index (χ0n) is 13.6. The Balaban J connectivity index is 1.71. The fraction of sp³-hybridized carbons (Fsp3) is 0.250. The van der Waals surface area contributed by atoms with Crippen LogP contribution < -0.4 is 4.74 Å². The van der Waals surface area contributed by atoms with E-state index in [4.69, 9.17) is 16.3 Å². The second-order valence-electron chi connectivity index (χ2n) is 5.85. The number of benzene rings is 2. The molecule has 1 amide bonds. The van der Waals surface area contributed by atoms with Gasteiger partial charge in [-0.05, 0) is 54.3 Å². The number of hydrogen-bond acceptors (Lipinski definition) is 2. The van der Waals surface area contributed by atoms with Gasteiger partial charge in [0.15, 0.2) is 0 Å². The summed E-state index contributed by atoms with van der Waals surface area (Å²) in [6.45, 7) is 0.792. The fourth-order valence-electron chi connectivity index (χ4n) is 3.04. The summed E-state index contributed by atoms with van der Waals surface area (Å²) in [6, 6.07) is 15.5. The molecule has 2 aromatic rings. The average molecular weight is 342 g/mol. The van der Waals surface area contributed by atoms with Crippen molar-refractivity contribution < 1.29 is 9.53 Å². The summed E-state index contributed by atoms with van der Waals surface area (Å²) in [5, 5.41) is 0.692. The van der Waals surface area contributed by atoms with Gasteiger partial charge in [-0.15, -0.1) is 0 Å². The molecule has 1 fully saturated rings. The van der Waals surface area contributed by atoms with Crippen LogP contribution in [-0.2, 0) is 4.79 Å². The van der Waals surface area contributed by atoms with Gasteiger partial charge < -0.3 is 9.64 Å². The van der Waals surface area contributed by atoms with E-state index in [0.717, 1.165) is 36.3 Å². The van der Waals surface area contributed by atoms with Crippen LogP contribution in [0.4, 0.5) is 0 Å². The summed E-state index contributed by atoms with van der Waals surface area (Å²) in [5.74, 6) is 0.875. The topological polar surface area (TPSA) is 29.5 Å². The number of methoxy groups -OCH3 is 1. The number of halogens is 1. The molecule has 1 aliphatic heterocycles. The Kier molecular flexibility index (Phi) is 5.21. The molecule has 0 spiro atoms. The Labute approximate surface area is 147 Å². The van der Waals surface area contributed by atoms with Gasteiger partial charge in [0.05, 0.1) is 13.2 Å². The number of hydrogen-bond donors (Lipinski definition) is 0. The standard InChI is InChI=1S/C20H20ClNO2/c1-24-18-11-7-16(8-12-18)19-3-2-14-22(19)20(23)13-6-15-4-9-17(21)10-5-15/h4-13,19H,2-3,14H2,1H3/b13-6+. The highest BCUT2D eigenvalue weighted by Crippen LogP contribution is 2.33. The van der Waals surface area contributed by atoms with Crippen LogP contribution in [0.2, 0.25) is 5.02 Å². The summed E-state index contributed by atoms with van der Waals surface area (Å²) in [5.41, 5.74) is 2.12. The first-order valence-corrected chi connectivity index (χ1v) is 8.43. The molecule has 24 heavy (non-hydrogen) atoms. The van der Waals surface area contributed by atoms with E-state index in [-0.39, 0.29) is 11.9 Å². The minimum Gasteiger partial charge on any atom is -0.497 e. The molecule has 0 aliphatic carbocycles. The summed E-state index contributed by atoms with van der Waals surface area (Å²) in [7, 11) is 1.65. The third-order valence-electron chi connectivity index (χ3n) is 4.32. The van der Waals surface area contributed by atoms with Gasteiger partial charge in [-0.3, -0.25) is 4.79 Å². The van der Waals surface area contributed by atoms with Crippen molar-refractivity contribution in [2.24, 2.45) is 0 Å². The zero-order valence-corrected chi connectivity index (χ0v) is 14.4. The number of rotatable bonds is 4. The van der Waals surface area contributed by atoms with Gasteiger partial charge in [-0.25, -0.2) is 0 Å². The third-order valence-corrected chi connectivity index (χ3v) is 4.58. The van der Waals surface area contributed by atoms with E-state index in [1.807, 2.05) is 59.5 Å². The second-order valence-corrected chi connectivity index (χ2v) is 6.28. The van der Waals surface area contributed by atoms with E-state index in [1.165, 1.54) is 0 Å². The number of carbonyl (C=O) groups excluding carboxylic acids is 1. The van der Waals surface area contributed by atoms with Gasteiger partial charge in [0.1, 0.15) is 5.75 Å². The molecule has 0 saturated carbocycles. The Bertz CT molecular complexity index is 722. The Morgan fingerprint density at radius 1 is 1.17 bits per heavy atom. The van der Waals surface area contributed by atoms with Crippen molar-refractivity contribution >= 4 is 23.6 Å². The van der Waals surface area contributed by atoms with Gasteiger partial charge in [0.2, 0.25) is 5.91 Å². The third kappa shape index (κ3) is 3.80. The van der Waals surface area contributed by atoms with E-state index in [0.29, 0.717) is 5.02 Å². The normalized spacial score (nSPS) is 17.4. The van der Waals surface area contributed by atoms with Gasteiger partial charge in [-0.1, -0.05) is 35.9 Å². The predicted octanol–water partition coefficient (Wildman–Crippen LogP) is 4.73. The molecule has 3 rings (SSSR count). The van der Waals surface area contributed by atoms with Crippen molar-refractivity contribution in [3.05, 3.63) is 70.8 Å². The smallest absolute Gasteiger partial charge is 0.247 e. The summed E-state index contributed by atoms with van der Waals surface area (Å²) in [4.78, 5) is 14.5. The van der Waals surface area contributed by atoms with Crippen molar-refractivity contribution in [2.75, 3.05) is 13.7 Å². The molecule has 4 heteroatoms. The molecule has 0 N–H and O–H groups in total. The predicted molar refractivity (Wildman–Crippen MR) is 97.2 cm³/mol. The number of carbonyl (C=O) groups is 1. The maximum atomic E-state index is 12.6. The quantitative estimate of drug-likeness (QED) is 0.753. The van der Waals surface area contributed by atoms with Crippen molar-refractivity contribution in [2.45, 2.75) is 18.9 Å². The summed E-state index contributed by atoms with van der Waals surface area (Å²) >= 11 is 5.88. The SMILES string of the molecule is COc1ccc(C2CCCN2C(=O)/C=C/c2ccc(Cl)cc2)cc1. The maximum absolute atomic E-state index is 12.6. The highest BCUT2D eigenvalue weighted by atomic mass is 35.5. The van der Waals surface area contributed by atoms with Crippen LogP contribution >= 0.6 is 11.6 Å². The largest absolute Gasteiger partial charge is 0.497 e. The molecule has 0 aromatic heterocycles. The van der Waals surface area contributed by atoms with E-state index in [2.05, 4.69) is 0 Å². The van der Waals surface area contributed by atoms with Gasteiger partial charge >= 0.3 is 0 Å². The highest BCUT2D eigenvalue weighted by Gasteiger charge is 2.28. The molecule has 0 bridgehead atoms. The zero-order chi connectivity index (χ0) is 16.9. The molecule has 1 saturated heterocycles. The molecule has 0 radical (unpaired) electrons. The van der Waals surface area contributed by atoms with Crippen LogP contribution in [0, 0.1) is 0 Å². The van der Waals surface area contributed by atoms with Crippen molar-refractivity contribution in [1.82, 2.24) is 4.90 Å². The number of nitrogens with zero attached hydrogens (tertiary/aromatic N) is 1. The van der Waals surface area contributed by atoms with E-state index in [9.17, 15) is 4.79 Å². The first kappa shape index (κ1) is 16.6. The fourth-order valence-corrected chi connectivity index (χ4v) is 3.17. The first-order chi connectivity index (χ1) is 11.7. The van der Waals surface area contributed by atoms with E-state index < -0.39 is 0 Å². The summed E-state index contributed by atoms with van der Waals surface area (Å²) in [6.07, 6.45) is 5.50. The lowest BCUT2D eigenvalue weighted by Crippen LogP contribution is -2.28. The van der Waals surface area contributed by atoms with Gasteiger partial charge in [0, 0.05) is 17.6 Å².